The SMILES string of the molecule is CC(C)C1=NC(C)C(=O)N1. The van der Waals surface area contributed by atoms with E-state index in [1.807, 2.05) is 13.8 Å². The maximum absolute atomic E-state index is 10.9. The number of carbonyl (C=O) groups is 1. The molecule has 1 atom stereocenters. The Bertz CT molecular complexity index is 184. The number of aliphatic imine (C=N–C) groups is 1. The first-order valence-corrected chi connectivity index (χ1v) is 3.50. The topological polar surface area (TPSA) is 41.5 Å². The van der Waals surface area contributed by atoms with E-state index in [0.29, 0.717) is 5.92 Å². The van der Waals surface area contributed by atoms with Gasteiger partial charge in [0.25, 0.3) is 0 Å². The van der Waals surface area contributed by atoms with E-state index in [4.69, 9.17) is 0 Å². The number of amidine groups is 1. The molecule has 56 valence electrons. The van der Waals surface area contributed by atoms with Crippen LogP contribution >= 0.6 is 0 Å². The summed E-state index contributed by atoms with van der Waals surface area (Å²) in [6.07, 6.45) is 0. The predicted molar refractivity (Wildman–Crippen MR) is 39.9 cm³/mol. The van der Waals surface area contributed by atoms with E-state index >= 15 is 0 Å². The van der Waals surface area contributed by atoms with Crippen LogP contribution in [0.3, 0.4) is 0 Å². The zero-order chi connectivity index (χ0) is 7.72. The van der Waals surface area contributed by atoms with Gasteiger partial charge in [-0.05, 0) is 6.92 Å². The van der Waals surface area contributed by atoms with E-state index in [-0.39, 0.29) is 11.9 Å². The van der Waals surface area contributed by atoms with Crippen LogP contribution in [0.1, 0.15) is 20.8 Å². The lowest BCUT2D eigenvalue weighted by molar-refractivity contribution is -0.119. The summed E-state index contributed by atoms with van der Waals surface area (Å²) in [5.41, 5.74) is 0. The van der Waals surface area contributed by atoms with Gasteiger partial charge in [-0.25, -0.2) is 0 Å². The predicted octanol–water partition coefficient (Wildman–Crippen LogP) is 0.559. The van der Waals surface area contributed by atoms with Gasteiger partial charge in [-0.3, -0.25) is 9.79 Å². The van der Waals surface area contributed by atoms with Crippen LogP contribution < -0.4 is 5.32 Å². The zero-order valence-electron chi connectivity index (χ0n) is 6.51. The standard InChI is InChI=1S/C7H12N2O/c1-4(2)6-8-5(3)7(10)9-6/h4-5H,1-3H3,(H,8,9,10). The molecule has 0 aromatic carbocycles. The minimum Gasteiger partial charge on any atom is -0.312 e. The van der Waals surface area contributed by atoms with Gasteiger partial charge in [0.05, 0.1) is 0 Å². The molecule has 0 aromatic heterocycles. The Labute approximate surface area is 60.5 Å². The average molecular weight is 140 g/mol. The molecule has 1 unspecified atom stereocenters. The van der Waals surface area contributed by atoms with Crippen molar-refractivity contribution in [2.24, 2.45) is 10.9 Å². The van der Waals surface area contributed by atoms with Crippen molar-refractivity contribution in [3.63, 3.8) is 0 Å². The largest absolute Gasteiger partial charge is 0.312 e. The van der Waals surface area contributed by atoms with Crippen LogP contribution in [0.2, 0.25) is 0 Å². The lowest BCUT2D eigenvalue weighted by Gasteiger charge is -2.01. The molecular weight excluding hydrogens is 128 g/mol. The van der Waals surface area contributed by atoms with Gasteiger partial charge in [-0.1, -0.05) is 13.8 Å². The number of hydrogen-bond donors (Lipinski definition) is 1. The first kappa shape index (κ1) is 7.25. The molecule has 0 aliphatic carbocycles. The highest BCUT2D eigenvalue weighted by Gasteiger charge is 2.22. The second-order valence-electron chi connectivity index (χ2n) is 2.83. The molecule has 3 heteroatoms. The number of rotatable bonds is 1. The fourth-order valence-electron chi connectivity index (χ4n) is 0.824. The Hall–Kier alpha value is -0.860. The van der Waals surface area contributed by atoms with Gasteiger partial charge in [-0.15, -0.1) is 0 Å². The van der Waals surface area contributed by atoms with E-state index in [0.717, 1.165) is 5.84 Å². The fourth-order valence-corrected chi connectivity index (χ4v) is 0.824. The van der Waals surface area contributed by atoms with Gasteiger partial charge in [0.15, 0.2) is 0 Å². The average Bonchev–Trinajstić information content (AvgIpc) is 2.13. The van der Waals surface area contributed by atoms with E-state index in [1.165, 1.54) is 0 Å². The van der Waals surface area contributed by atoms with Crippen molar-refractivity contribution in [3.05, 3.63) is 0 Å². The van der Waals surface area contributed by atoms with Crippen LogP contribution in [0.4, 0.5) is 0 Å². The number of nitrogens with zero attached hydrogens (tertiary/aromatic N) is 1. The van der Waals surface area contributed by atoms with Gasteiger partial charge in [0.2, 0.25) is 5.91 Å². The molecule has 1 amide bonds. The Morgan fingerprint density at radius 3 is 2.40 bits per heavy atom. The van der Waals surface area contributed by atoms with Crippen molar-refractivity contribution in [2.45, 2.75) is 26.8 Å². The lowest BCUT2D eigenvalue weighted by Crippen LogP contribution is -2.30. The van der Waals surface area contributed by atoms with Crippen molar-refractivity contribution >= 4 is 11.7 Å². The molecular formula is C7H12N2O. The van der Waals surface area contributed by atoms with Crippen LogP contribution in [-0.2, 0) is 4.79 Å². The first-order chi connectivity index (χ1) is 4.61. The van der Waals surface area contributed by atoms with Crippen LogP contribution in [-0.4, -0.2) is 17.8 Å². The number of amides is 1. The van der Waals surface area contributed by atoms with Crippen LogP contribution in [0.5, 0.6) is 0 Å². The van der Waals surface area contributed by atoms with Crippen molar-refractivity contribution < 1.29 is 4.79 Å². The Kier molecular flexibility index (Phi) is 1.74. The van der Waals surface area contributed by atoms with E-state index < -0.39 is 0 Å². The molecule has 1 heterocycles. The highest BCUT2D eigenvalue weighted by Crippen LogP contribution is 2.04. The summed E-state index contributed by atoms with van der Waals surface area (Å²) in [5, 5.41) is 2.71. The highest BCUT2D eigenvalue weighted by molar-refractivity contribution is 6.06. The van der Waals surface area contributed by atoms with Gasteiger partial charge in [0.1, 0.15) is 11.9 Å². The normalized spacial score (nSPS) is 25.0. The highest BCUT2D eigenvalue weighted by atomic mass is 16.2. The van der Waals surface area contributed by atoms with Crippen molar-refractivity contribution in [2.75, 3.05) is 0 Å². The number of nitrogens with one attached hydrogen (secondary N) is 1. The van der Waals surface area contributed by atoms with Crippen molar-refractivity contribution in [1.82, 2.24) is 5.32 Å². The maximum Gasteiger partial charge on any atom is 0.249 e. The summed E-state index contributed by atoms with van der Waals surface area (Å²) in [7, 11) is 0. The lowest BCUT2D eigenvalue weighted by atomic mass is 10.2. The maximum atomic E-state index is 10.9. The molecule has 1 rings (SSSR count). The van der Waals surface area contributed by atoms with Crippen LogP contribution in [0, 0.1) is 5.92 Å². The monoisotopic (exact) mass is 140 g/mol. The molecule has 0 spiro atoms. The summed E-state index contributed by atoms with van der Waals surface area (Å²) in [4.78, 5) is 15.0. The molecule has 0 radical (unpaired) electrons. The van der Waals surface area contributed by atoms with Gasteiger partial charge in [-0.2, -0.15) is 0 Å². The molecule has 0 fully saturated rings. The van der Waals surface area contributed by atoms with Gasteiger partial charge in [0, 0.05) is 5.92 Å². The van der Waals surface area contributed by atoms with Crippen LogP contribution in [0.15, 0.2) is 4.99 Å². The molecule has 3 nitrogen and oxygen atoms in total. The zero-order valence-corrected chi connectivity index (χ0v) is 6.51. The van der Waals surface area contributed by atoms with Crippen LogP contribution in [0.25, 0.3) is 0 Å². The molecule has 1 aliphatic heterocycles. The Morgan fingerprint density at radius 1 is 1.60 bits per heavy atom. The fraction of sp³-hybridized carbons (Fsp3) is 0.714. The number of hydrogen-bond acceptors (Lipinski definition) is 2. The molecule has 10 heavy (non-hydrogen) atoms. The first-order valence-electron chi connectivity index (χ1n) is 3.50. The summed E-state index contributed by atoms with van der Waals surface area (Å²) in [5.74, 6) is 1.16. The van der Waals surface area contributed by atoms with Crippen molar-refractivity contribution in [1.29, 1.82) is 0 Å². The number of carbonyl (C=O) groups excluding carboxylic acids is 1. The summed E-state index contributed by atoms with van der Waals surface area (Å²) in [6, 6.07) is -0.183. The molecule has 0 aromatic rings. The summed E-state index contributed by atoms with van der Waals surface area (Å²) < 4.78 is 0. The molecule has 0 bridgehead atoms. The minimum atomic E-state index is -0.183. The van der Waals surface area contributed by atoms with E-state index in [2.05, 4.69) is 10.3 Å². The summed E-state index contributed by atoms with van der Waals surface area (Å²) >= 11 is 0. The second kappa shape index (κ2) is 2.40. The van der Waals surface area contributed by atoms with Gasteiger partial charge >= 0.3 is 0 Å². The molecule has 0 saturated heterocycles. The summed E-state index contributed by atoms with van der Waals surface area (Å²) in [6.45, 7) is 5.82. The molecule has 1 N–H and O–H groups in total. The Morgan fingerprint density at radius 2 is 2.20 bits per heavy atom. The third-order valence-corrected chi connectivity index (χ3v) is 1.51. The minimum absolute atomic E-state index is 0.0173. The van der Waals surface area contributed by atoms with Crippen molar-refractivity contribution in [3.8, 4) is 0 Å². The van der Waals surface area contributed by atoms with E-state index in [9.17, 15) is 4.79 Å². The molecule has 0 saturated carbocycles. The Balaban J connectivity index is 2.67. The smallest absolute Gasteiger partial charge is 0.249 e. The van der Waals surface area contributed by atoms with Gasteiger partial charge < -0.3 is 5.32 Å². The third kappa shape index (κ3) is 1.17. The third-order valence-electron chi connectivity index (χ3n) is 1.51. The second-order valence-corrected chi connectivity index (χ2v) is 2.83. The molecule has 1 aliphatic rings. The van der Waals surface area contributed by atoms with E-state index in [1.54, 1.807) is 6.92 Å². The quantitative estimate of drug-likeness (QED) is 0.568.